The van der Waals surface area contributed by atoms with Gasteiger partial charge in [0.1, 0.15) is 0 Å². The number of amides is 1. The molecule has 0 unspecified atom stereocenters. The monoisotopic (exact) mass is 252 g/mol. The Balaban J connectivity index is 1.86. The van der Waals surface area contributed by atoms with Crippen molar-refractivity contribution in [2.45, 2.75) is 13.0 Å². The van der Waals surface area contributed by atoms with E-state index in [0.29, 0.717) is 13.1 Å². The van der Waals surface area contributed by atoms with Gasteiger partial charge in [-0.05, 0) is 19.1 Å². The summed E-state index contributed by atoms with van der Waals surface area (Å²) in [6, 6.07) is 6.38. The second-order valence-corrected chi connectivity index (χ2v) is 4.41. The van der Waals surface area contributed by atoms with E-state index in [1.54, 1.807) is 17.0 Å². The molecule has 4 nitrogen and oxygen atoms in total. The second kappa shape index (κ2) is 5.82. The van der Waals surface area contributed by atoms with E-state index < -0.39 is 5.82 Å². The van der Waals surface area contributed by atoms with E-state index in [4.69, 9.17) is 4.74 Å². The third-order valence-corrected chi connectivity index (χ3v) is 2.91. The molecule has 1 N–H and O–H groups in total. The van der Waals surface area contributed by atoms with Crippen molar-refractivity contribution in [3.8, 4) is 5.75 Å². The fourth-order valence-corrected chi connectivity index (χ4v) is 1.95. The summed E-state index contributed by atoms with van der Waals surface area (Å²) < 4.78 is 18.5. The number of ether oxygens (including phenoxy) is 1. The Hall–Kier alpha value is -1.62. The molecule has 1 aromatic rings. The highest BCUT2D eigenvalue weighted by molar-refractivity contribution is 5.78. The number of hydrogen-bond acceptors (Lipinski definition) is 3. The lowest BCUT2D eigenvalue weighted by molar-refractivity contribution is -0.134. The molecular formula is C13H17FN2O2. The molecule has 0 radical (unpaired) electrons. The zero-order valence-electron chi connectivity index (χ0n) is 10.4. The maximum Gasteiger partial charge on any atom is 0.260 e. The molecule has 98 valence electrons. The molecular weight excluding hydrogens is 235 g/mol. The van der Waals surface area contributed by atoms with Crippen molar-refractivity contribution in [2.24, 2.45) is 0 Å². The molecule has 1 aliphatic rings. The van der Waals surface area contributed by atoms with E-state index >= 15 is 0 Å². The van der Waals surface area contributed by atoms with E-state index in [0.717, 1.165) is 6.54 Å². The Labute approximate surface area is 106 Å². The number of benzene rings is 1. The third-order valence-electron chi connectivity index (χ3n) is 2.91. The maximum absolute atomic E-state index is 13.3. The van der Waals surface area contributed by atoms with Crippen LogP contribution in [0.25, 0.3) is 0 Å². The topological polar surface area (TPSA) is 41.6 Å². The van der Waals surface area contributed by atoms with Gasteiger partial charge in [-0.25, -0.2) is 4.39 Å². The minimum Gasteiger partial charge on any atom is -0.481 e. The van der Waals surface area contributed by atoms with Crippen LogP contribution in [0, 0.1) is 5.82 Å². The lowest BCUT2D eigenvalue weighted by Gasteiger charge is -2.31. The van der Waals surface area contributed by atoms with Gasteiger partial charge in [-0.3, -0.25) is 4.79 Å². The molecule has 1 aliphatic heterocycles. The number of carbonyl (C=O) groups excluding carboxylic acids is 1. The fourth-order valence-electron chi connectivity index (χ4n) is 1.95. The molecule has 1 atom stereocenters. The van der Waals surface area contributed by atoms with Gasteiger partial charge in [-0.2, -0.15) is 0 Å². The Morgan fingerprint density at radius 3 is 3.06 bits per heavy atom. The quantitative estimate of drug-likeness (QED) is 0.873. The van der Waals surface area contributed by atoms with Crippen LogP contribution in [0.15, 0.2) is 24.3 Å². The number of nitrogens with one attached hydrogen (secondary N) is 1. The van der Waals surface area contributed by atoms with Gasteiger partial charge in [0.15, 0.2) is 18.2 Å². The van der Waals surface area contributed by atoms with Crippen LogP contribution >= 0.6 is 0 Å². The van der Waals surface area contributed by atoms with Crippen LogP contribution in [0.4, 0.5) is 4.39 Å². The number of rotatable bonds is 3. The summed E-state index contributed by atoms with van der Waals surface area (Å²) in [5.41, 5.74) is 0. The first-order chi connectivity index (χ1) is 8.66. The lowest BCUT2D eigenvalue weighted by atomic mass is 10.2. The molecule has 1 saturated heterocycles. The molecule has 1 amide bonds. The summed E-state index contributed by atoms with van der Waals surface area (Å²) in [4.78, 5) is 13.6. The van der Waals surface area contributed by atoms with Crippen LogP contribution < -0.4 is 10.1 Å². The van der Waals surface area contributed by atoms with Crippen LogP contribution in [-0.2, 0) is 4.79 Å². The first kappa shape index (κ1) is 12.8. The van der Waals surface area contributed by atoms with E-state index in [9.17, 15) is 9.18 Å². The van der Waals surface area contributed by atoms with Crippen LogP contribution in [0.5, 0.6) is 5.75 Å². The fraction of sp³-hybridized carbons (Fsp3) is 0.462. The minimum atomic E-state index is -0.445. The molecule has 5 heteroatoms. The van der Waals surface area contributed by atoms with Gasteiger partial charge in [0.2, 0.25) is 0 Å². The van der Waals surface area contributed by atoms with Crippen molar-refractivity contribution < 1.29 is 13.9 Å². The highest BCUT2D eigenvalue weighted by atomic mass is 19.1. The zero-order chi connectivity index (χ0) is 13.0. The van der Waals surface area contributed by atoms with Crippen LogP contribution in [0.3, 0.4) is 0 Å². The summed E-state index contributed by atoms with van der Waals surface area (Å²) in [5.74, 6) is -0.431. The van der Waals surface area contributed by atoms with Gasteiger partial charge >= 0.3 is 0 Å². The van der Waals surface area contributed by atoms with E-state index in [1.165, 1.54) is 12.1 Å². The van der Waals surface area contributed by atoms with Crippen LogP contribution in [0.2, 0.25) is 0 Å². The van der Waals surface area contributed by atoms with E-state index in [2.05, 4.69) is 5.32 Å². The van der Waals surface area contributed by atoms with Gasteiger partial charge in [0, 0.05) is 25.7 Å². The highest BCUT2D eigenvalue weighted by Gasteiger charge is 2.20. The summed E-state index contributed by atoms with van der Waals surface area (Å²) in [7, 11) is 0. The molecule has 1 heterocycles. The van der Waals surface area contributed by atoms with E-state index in [-0.39, 0.29) is 24.3 Å². The summed E-state index contributed by atoms with van der Waals surface area (Å²) >= 11 is 0. The maximum atomic E-state index is 13.3. The van der Waals surface area contributed by atoms with Crippen molar-refractivity contribution in [1.82, 2.24) is 10.2 Å². The molecule has 18 heavy (non-hydrogen) atoms. The molecule has 2 rings (SSSR count). The van der Waals surface area contributed by atoms with Crippen LogP contribution in [0.1, 0.15) is 6.92 Å². The molecule has 0 aliphatic carbocycles. The standard InChI is InChI=1S/C13H17FN2O2/c1-10-8-16(7-6-15-10)13(17)9-18-12-5-3-2-4-11(12)14/h2-5,10,15H,6-9H2,1H3/t10-/m0/s1. The number of halogens is 1. The Kier molecular flexibility index (Phi) is 4.15. The largest absolute Gasteiger partial charge is 0.481 e. The van der Waals surface area contributed by atoms with Gasteiger partial charge in [0.05, 0.1) is 0 Å². The average Bonchev–Trinajstić information content (AvgIpc) is 2.37. The van der Waals surface area contributed by atoms with Crippen molar-refractivity contribution >= 4 is 5.91 Å². The predicted molar refractivity (Wildman–Crippen MR) is 65.9 cm³/mol. The zero-order valence-corrected chi connectivity index (χ0v) is 10.4. The van der Waals surface area contributed by atoms with Crippen molar-refractivity contribution in [3.05, 3.63) is 30.1 Å². The normalized spacial score (nSPS) is 19.7. The SMILES string of the molecule is C[C@H]1CN(C(=O)COc2ccccc2F)CCN1. The van der Waals surface area contributed by atoms with Crippen LogP contribution in [-0.4, -0.2) is 43.1 Å². The average molecular weight is 252 g/mol. The molecule has 1 aromatic carbocycles. The number of carbonyl (C=O) groups is 1. The minimum absolute atomic E-state index is 0.105. The molecule has 0 spiro atoms. The number of nitrogens with zero attached hydrogens (tertiary/aromatic N) is 1. The Bertz CT molecular complexity index is 425. The molecule has 0 saturated carbocycles. The van der Waals surface area contributed by atoms with Crippen molar-refractivity contribution in [3.63, 3.8) is 0 Å². The number of hydrogen-bond donors (Lipinski definition) is 1. The smallest absolute Gasteiger partial charge is 0.260 e. The van der Waals surface area contributed by atoms with Gasteiger partial charge < -0.3 is 15.0 Å². The first-order valence-corrected chi connectivity index (χ1v) is 6.05. The molecule has 1 fully saturated rings. The molecule has 0 aromatic heterocycles. The summed E-state index contributed by atoms with van der Waals surface area (Å²) in [6.45, 7) is 4.03. The first-order valence-electron chi connectivity index (χ1n) is 6.05. The Morgan fingerprint density at radius 2 is 2.33 bits per heavy atom. The highest BCUT2D eigenvalue weighted by Crippen LogP contribution is 2.15. The van der Waals surface area contributed by atoms with E-state index in [1.807, 2.05) is 6.92 Å². The number of piperazine rings is 1. The molecule has 0 bridgehead atoms. The van der Waals surface area contributed by atoms with Gasteiger partial charge in [-0.1, -0.05) is 12.1 Å². The van der Waals surface area contributed by atoms with Crippen molar-refractivity contribution in [1.29, 1.82) is 0 Å². The number of para-hydroxylation sites is 1. The summed E-state index contributed by atoms with van der Waals surface area (Å²) in [5, 5.41) is 3.26. The predicted octanol–water partition coefficient (Wildman–Crippen LogP) is 1.02. The second-order valence-electron chi connectivity index (χ2n) is 4.41. The Morgan fingerprint density at radius 1 is 1.56 bits per heavy atom. The lowest BCUT2D eigenvalue weighted by Crippen LogP contribution is -2.52. The van der Waals surface area contributed by atoms with Gasteiger partial charge in [-0.15, -0.1) is 0 Å². The summed E-state index contributed by atoms with van der Waals surface area (Å²) in [6.07, 6.45) is 0. The van der Waals surface area contributed by atoms with Crippen molar-refractivity contribution in [2.75, 3.05) is 26.2 Å². The third kappa shape index (κ3) is 3.20. The van der Waals surface area contributed by atoms with Gasteiger partial charge in [0.25, 0.3) is 5.91 Å².